The van der Waals surface area contributed by atoms with Crippen LogP contribution in [0.25, 0.3) is 16.6 Å². The molecule has 0 unspecified atom stereocenters. The van der Waals surface area contributed by atoms with Crippen LogP contribution in [0, 0.1) is 0 Å². The molecular formula is C27H28ClN5O4. The molecule has 0 aliphatic heterocycles. The second-order valence-electron chi connectivity index (χ2n) is 8.36. The highest BCUT2D eigenvalue weighted by molar-refractivity contribution is 6.35. The van der Waals surface area contributed by atoms with Crippen LogP contribution in [0.5, 0.6) is 0 Å². The molecule has 10 heteroatoms. The lowest BCUT2D eigenvalue weighted by atomic mass is 10.2. The van der Waals surface area contributed by atoms with Crippen LogP contribution in [0.3, 0.4) is 0 Å². The van der Waals surface area contributed by atoms with E-state index in [2.05, 4.69) is 15.6 Å². The molecule has 192 valence electrons. The van der Waals surface area contributed by atoms with Crippen molar-refractivity contribution < 1.29 is 14.6 Å². The number of amides is 2. The van der Waals surface area contributed by atoms with E-state index in [-0.39, 0.29) is 29.2 Å². The number of carbonyl (C=O) groups excluding carboxylic acids is 1. The van der Waals surface area contributed by atoms with Crippen LogP contribution in [0.2, 0.25) is 5.02 Å². The van der Waals surface area contributed by atoms with E-state index >= 15 is 0 Å². The maximum Gasteiger partial charge on any atom is 0.319 e. The highest BCUT2D eigenvalue weighted by Crippen LogP contribution is 2.23. The molecule has 0 radical (unpaired) electrons. The van der Waals surface area contributed by atoms with Crippen LogP contribution >= 0.6 is 11.6 Å². The van der Waals surface area contributed by atoms with Gasteiger partial charge in [-0.3, -0.25) is 9.36 Å². The first-order valence-electron chi connectivity index (χ1n) is 11.8. The summed E-state index contributed by atoms with van der Waals surface area (Å²) in [5, 5.41) is 14.8. The minimum atomic E-state index is -0.724. The zero-order chi connectivity index (χ0) is 26.2. The summed E-state index contributed by atoms with van der Waals surface area (Å²) in [6, 6.07) is 20.4. The smallest absolute Gasteiger partial charge is 0.319 e. The van der Waals surface area contributed by atoms with E-state index in [4.69, 9.17) is 27.2 Å². The third kappa shape index (κ3) is 6.52. The van der Waals surface area contributed by atoms with Crippen LogP contribution in [0.1, 0.15) is 23.9 Å². The Kier molecular flexibility index (Phi) is 8.86. The second kappa shape index (κ2) is 12.5. The Bertz CT molecular complexity index is 1430. The Morgan fingerprint density at radius 2 is 1.89 bits per heavy atom. The van der Waals surface area contributed by atoms with Crippen molar-refractivity contribution in [3.05, 3.63) is 99.6 Å². The first-order chi connectivity index (χ1) is 18.0. The fourth-order valence-electron chi connectivity index (χ4n) is 3.84. The summed E-state index contributed by atoms with van der Waals surface area (Å²) in [7, 11) is 0. The largest absolute Gasteiger partial charge is 0.396 e. The predicted molar refractivity (Wildman–Crippen MR) is 144 cm³/mol. The maximum absolute atomic E-state index is 13.7. The number of urea groups is 1. The van der Waals surface area contributed by atoms with Gasteiger partial charge in [-0.15, -0.1) is 0 Å². The number of benzene rings is 3. The van der Waals surface area contributed by atoms with Crippen LogP contribution in [0.4, 0.5) is 10.5 Å². The highest BCUT2D eigenvalue weighted by atomic mass is 35.5. The van der Waals surface area contributed by atoms with E-state index < -0.39 is 12.1 Å². The molecule has 0 saturated heterocycles. The molecule has 2 amide bonds. The Hall–Kier alpha value is -3.76. The number of anilines is 1. The molecule has 0 spiro atoms. The summed E-state index contributed by atoms with van der Waals surface area (Å²) in [6.07, 6.45) is 0.444. The predicted octanol–water partition coefficient (Wildman–Crippen LogP) is 3.76. The van der Waals surface area contributed by atoms with Crippen LogP contribution in [0.15, 0.2) is 77.6 Å². The minimum Gasteiger partial charge on any atom is -0.396 e. The van der Waals surface area contributed by atoms with Gasteiger partial charge in [-0.25, -0.2) is 9.78 Å². The van der Waals surface area contributed by atoms with Crippen molar-refractivity contribution in [3.63, 3.8) is 0 Å². The third-order valence-corrected chi connectivity index (χ3v) is 5.91. The summed E-state index contributed by atoms with van der Waals surface area (Å²) >= 11 is 6.37. The molecule has 0 bridgehead atoms. The van der Waals surface area contributed by atoms with Crippen LogP contribution in [-0.4, -0.2) is 40.4 Å². The van der Waals surface area contributed by atoms with Gasteiger partial charge in [0.25, 0.3) is 5.56 Å². The summed E-state index contributed by atoms with van der Waals surface area (Å²) in [4.78, 5) is 30.6. The molecule has 3 aromatic carbocycles. The number of ether oxygens (including phenoxy) is 1. The van der Waals surface area contributed by atoms with Crippen molar-refractivity contribution >= 4 is 34.2 Å². The number of nitrogens with one attached hydrogen (secondary N) is 2. The maximum atomic E-state index is 13.7. The first-order valence-corrected chi connectivity index (χ1v) is 12.2. The van der Waals surface area contributed by atoms with Gasteiger partial charge in [-0.2, -0.15) is 0 Å². The topological polar surface area (TPSA) is 132 Å². The molecule has 0 fully saturated rings. The average molecular weight is 522 g/mol. The van der Waals surface area contributed by atoms with E-state index in [9.17, 15) is 9.59 Å². The number of carbonyl (C=O) groups is 1. The Labute approximate surface area is 218 Å². The number of aliphatic hydroxyl groups is 1. The van der Waals surface area contributed by atoms with Gasteiger partial charge in [-0.05, 0) is 42.3 Å². The zero-order valence-electron chi connectivity index (χ0n) is 20.1. The van der Waals surface area contributed by atoms with Crippen molar-refractivity contribution in [2.75, 3.05) is 25.1 Å². The van der Waals surface area contributed by atoms with E-state index in [1.165, 1.54) is 4.57 Å². The first kappa shape index (κ1) is 26.3. The Morgan fingerprint density at radius 3 is 2.68 bits per heavy atom. The SMILES string of the molecule is N[C@@H](COCc1ccccc1)c1nc2cccc(Cl)c2c(=O)n1-c1cccc(NC(=O)NCCCO)c1. The number of aromatic nitrogens is 2. The molecule has 1 heterocycles. The molecule has 9 nitrogen and oxygen atoms in total. The number of nitrogens with zero attached hydrogens (tertiary/aromatic N) is 2. The molecule has 0 aliphatic carbocycles. The Morgan fingerprint density at radius 1 is 1.11 bits per heavy atom. The second-order valence-corrected chi connectivity index (χ2v) is 8.77. The zero-order valence-corrected chi connectivity index (χ0v) is 20.8. The van der Waals surface area contributed by atoms with Gasteiger partial charge in [0.2, 0.25) is 0 Å². The Balaban J connectivity index is 1.67. The van der Waals surface area contributed by atoms with Gasteiger partial charge in [0.05, 0.1) is 40.9 Å². The highest BCUT2D eigenvalue weighted by Gasteiger charge is 2.20. The average Bonchev–Trinajstić information content (AvgIpc) is 2.89. The number of fused-ring (bicyclic) bond motifs is 1. The number of hydrogen-bond donors (Lipinski definition) is 4. The quantitative estimate of drug-likeness (QED) is 0.235. The van der Waals surface area contributed by atoms with Crippen LogP contribution < -0.4 is 21.9 Å². The molecule has 1 atom stereocenters. The minimum absolute atomic E-state index is 0.0195. The normalized spacial score (nSPS) is 11.9. The third-order valence-electron chi connectivity index (χ3n) is 5.60. The van der Waals surface area contributed by atoms with Crippen molar-refractivity contribution in [2.24, 2.45) is 5.73 Å². The fraction of sp³-hybridized carbons (Fsp3) is 0.222. The van der Waals surface area contributed by atoms with Gasteiger partial charge in [0.15, 0.2) is 0 Å². The lowest BCUT2D eigenvalue weighted by Crippen LogP contribution is -2.31. The number of nitrogens with two attached hydrogens (primary N) is 1. The van der Waals surface area contributed by atoms with Crippen molar-refractivity contribution in [2.45, 2.75) is 19.1 Å². The molecular weight excluding hydrogens is 494 g/mol. The van der Waals surface area contributed by atoms with Gasteiger partial charge in [0.1, 0.15) is 5.82 Å². The molecule has 0 aliphatic rings. The molecule has 5 N–H and O–H groups in total. The molecule has 1 aromatic heterocycles. The van der Waals surface area contributed by atoms with Gasteiger partial charge >= 0.3 is 6.03 Å². The van der Waals surface area contributed by atoms with Gasteiger partial charge < -0.3 is 26.2 Å². The number of hydrogen-bond acceptors (Lipinski definition) is 6. The molecule has 0 saturated carbocycles. The molecule has 37 heavy (non-hydrogen) atoms. The summed E-state index contributed by atoms with van der Waals surface area (Å²) < 4.78 is 7.24. The molecule has 4 rings (SSSR count). The number of rotatable bonds is 10. The van der Waals surface area contributed by atoms with E-state index in [1.54, 1.807) is 42.5 Å². The van der Waals surface area contributed by atoms with E-state index in [1.807, 2.05) is 30.3 Å². The van der Waals surface area contributed by atoms with Gasteiger partial charge in [-0.1, -0.05) is 54.1 Å². The van der Waals surface area contributed by atoms with Crippen molar-refractivity contribution in [1.82, 2.24) is 14.9 Å². The van der Waals surface area contributed by atoms with E-state index in [0.29, 0.717) is 42.3 Å². The van der Waals surface area contributed by atoms with E-state index in [0.717, 1.165) is 5.56 Å². The monoisotopic (exact) mass is 521 g/mol. The lowest BCUT2D eigenvalue weighted by molar-refractivity contribution is 0.105. The number of aliphatic hydroxyl groups excluding tert-OH is 1. The van der Waals surface area contributed by atoms with Crippen molar-refractivity contribution in [1.29, 1.82) is 0 Å². The summed E-state index contributed by atoms with van der Waals surface area (Å²) in [5.74, 6) is 0.303. The fourth-order valence-corrected chi connectivity index (χ4v) is 4.09. The van der Waals surface area contributed by atoms with Crippen LogP contribution in [-0.2, 0) is 11.3 Å². The standard InChI is InChI=1S/C27H28ClN5O4/c28-21-11-5-12-23-24(21)26(35)33(20-10-4-9-19(15-20)31-27(36)30-13-6-14-34)25(32-23)22(29)17-37-16-18-7-2-1-3-8-18/h1-5,7-12,15,22,34H,6,13-14,16-17,29H2,(H2,30,31,36)/t22-/m0/s1. The van der Waals surface area contributed by atoms with Gasteiger partial charge in [0, 0.05) is 18.8 Å². The summed E-state index contributed by atoms with van der Waals surface area (Å²) in [5.41, 5.74) is 8.47. The summed E-state index contributed by atoms with van der Waals surface area (Å²) in [6.45, 7) is 0.798. The van der Waals surface area contributed by atoms with Crippen molar-refractivity contribution in [3.8, 4) is 5.69 Å². The number of halogens is 1. The molecule has 4 aromatic rings. The lowest BCUT2D eigenvalue weighted by Gasteiger charge is -2.19.